The van der Waals surface area contributed by atoms with Crippen LogP contribution >= 0.6 is 11.3 Å². The lowest BCUT2D eigenvalue weighted by atomic mass is 9.77. The molecule has 1 aliphatic rings. The quantitative estimate of drug-likeness (QED) is 0.191. The van der Waals surface area contributed by atoms with E-state index in [1.54, 1.807) is 0 Å². The van der Waals surface area contributed by atoms with Crippen molar-refractivity contribution in [1.29, 1.82) is 0 Å². The fourth-order valence-corrected chi connectivity index (χ4v) is 5.27. The number of thiazole rings is 1. The Hall–Kier alpha value is -4.50. The molecule has 4 aromatic rings. The van der Waals surface area contributed by atoms with Gasteiger partial charge in [0.25, 0.3) is 5.91 Å². The lowest BCUT2D eigenvalue weighted by molar-refractivity contribution is -0.130. The van der Waals surface area contributed by atoms with E-state index < -0.39 is 17.6 Å². The molecule has 186 valence electrons. The third-order valence-corrected chi connectivity index (χ3v) is 6.94. The summed E-state index contributed by atoms with van der Waals surface area (Å²) in [7, 11) is 0. The van der Waals surface area contributed by atoms with E-state index >= 15 is 0 Å². The Bertz CT molecular complexity index is 1300. The first-order chi connectivity index (χ1) is 18.1. The number of benzene rings is 3. The van der Waals surface area contributed by atoms with E-state index in [9.17, 15) is 9.59 Å². The summed E-state index contributed by atoms with van der Waals surface area (Å²) in [6.45, 7) is 0.399. The summed E-state index contributed by atoms with van der Waals surface area (Å²) in [5.74, 6) is -1.04. The first-order valence-corrected chi connectivity index (χ1v) is 12.6. The average molecular weight is 513 g/mol. The average Bonchev–Trinajstić information content (AvgIpc) is 3.54. The summed E-state index contributed by atoms with van der Waals surface area (Å²) in [6, 6.07) is 30.6. The SMILES string of the molecule is O=C(O)/C=N\O[C@H]1CCN(c2csc(NC(c3ccccc3)(c3ccccc3)c3ccccc3)n2)C1=O. The van der Waals surface area contributed by atoms with Crippen molar-refractivity contribution in [3.63, 3.8) is 0 Å². The molecule has 1 aromatic heterocycles. The van der Waals surface area contributed by atoms with Crippen molar-refractivity contribution in [2.75, 3.05) is 16.8 Å². The molecule has 1 aliphatic heterocycles. The number of nitrogens with one attached hydrogen (secondary N) is 1. The highest BCUT2D eigenvalue weighted by Gasteiger charge is 2.39. The number of aliphatic carboxylic acids is 1. The Morgan fingerprint density at radius 3 is 2.05 bits per heavy atom. The molecule has 9 heteroatoms. The minimum atomic E-state index is -1.24. The van der Waals surface area contributed by atoms with Gasteiger partial charge >= 0.3 is 5.97 Å². The van der Waals surface area contributed by atoms with Crippen molar-refractivity contribution in [2.24, 2.45) is 5.16 Å². The largest absolute Gasteiger partial charge is 0.477 e. The molecular weight excluding hydrogens is 488 g/mol. The van der Waals surface area contributed by atoms with Gasteiger partial charge < -0.3 is 15.3 Å². The van der Waals surface area contributed by atoms with Crippen molar-refractivity contribution in [1.82, 2.24) is 4.98 Å². The van der Waals surface area contributed by atoms with E-state index in [0.29, 0.717) is 30.1 Å². The standard InChI is InChI=1S/C28H24N4O4S/c33-25(34)18-29-36-23-16-17-32(26(23)35)24-19-37-27(30-24)31-28(20-10-4-1-5-11-20,21-12-6-2-7-13-21)22-14-8-3-9-15-22/h1-15,18-19,23H,16-17H2,(H,30,31)(H,33,34)/b29-18-/t23-/m0/s1. The second-order valence-corrected chi connectivity index (χ2v) is 9.29. The van der Waals surface area contributed by atoms with Gasteiger partial charge in [0.05, 0.1) is 0 Å². The summed E-state index contributed by atoms with van der Waals surface area (Å²) in [5.41, 5.74) is 2.41. The monoisotopic (exact) mass is 512 g/mol. The lowest BCUT2D eigenvalue weighted by Crippen LogP contribution is -2.38. The van der Waals surface area contributed by atoms with Crippen LogP contribution in [-0.2, 0) is 20.0 Å². The molecule has 8 nitrogen and oxygen atoms in total. The zero-order valence-corrected chi connectivity index (χ0v) is 20.5. The van der Waals surface area contributed by atoms with Crippen LogP contribution in [0.5, 0.6) is 0 Å². The Labute approximate surface area is 217 Å². The smallest absolute Gasteiger partial charge is 0.350 e. The van der Waals surface area contributed by atoms with Crippen molar-refractivity contribution < 1.29 is 19.5 Å². The molecular formula is C28H24N4O4S. The third-order valence-electron chi connectivity index (χ3n) is 6.19. The molecule has 2 heterocycles. The molecule has 0 unspecified atom stereocenters. The van der Waals surface area contributed by atoms with Crippen molar-refractivity contribution in [3.8, 4) is 0 Å². The zero-order chi connectivity index (χ0) is 25.7. The second kappa shape index (κ2) is 10.6. The fourth-order valence-electron chi connectivity index (χ4n) is 4.52. The Balaban J connectivity index is 1.50. The van der Waals surface area contributed by atoms with Gasteiger partial charge in [-0.15, -0.1) is 11.3 Å². The van der Waals surface area contributed by atoms with Crippen molar-refractivity contribution in [3.05, 3.63) is 113 Å². The molecule has 3 aromatic carbocycles. The number of hydrogen-bond acceptors (Lipinski definition) is 7. The molecule has 1 saturated heterocycles. The Morgan fingerprint density at radius 1 is 1.00 bits per heavy atom. The topological polar surface area (TPSA) is 104 Å². The van der Waals surface area contributed by atoms with Gasteiger partial charge in [0.2, 0.25) is 6.10 Å². The van der Waals surface area contributed by atoms with E-state index in [1.165, 1.54) is 16.2 Å². The van der Waals surface area contributed by atoms with Crippen LogP contribution in [0.2, 0.25) is 0 Å². The molecule has 0 spiro atoms. The Morgan fingerprint density at radius 2 is 1.54 bits per heavy atom. The summed E-state index contributed by atoms with van der Waals surface area (Å²) in [4.78, 5) is 34.9. The number of aromatic nitrogens is 1. The van der Waals surface area contributed by atoms with Gasteiger partial charge in [-0.25, -0.2) is 9.78 Å². The van der Waals surface area contributed by atoms with E-state index in [0.717, 1.165) is 16.7 Å². The molecule has 0 bridgehead atoms. The van der Waals surface area contributed by atoms with Crippen LogP contribution in [-0.4, -0.2) is 40.8 Å². The first kappa shape index (κ1) is 24.2. The number of carbonyl (C=O) groups excluding carboxylic acids is 1. The minimum absolute atomic E-state index is 0.306. The van der Waals surface area contributed by atoms with E-state index in [2.05, 4.69) is 46.9 Å². The summed E-state index contributed by atoms with van der Waals surface area (Å²) in [6.07, 6.45) is 0.167. The molecule has 2 N–H and O–H groups in total. The van der Waals surface area contributed by atoms with Crippen molar-refractivity contribution in [2.45, 2.75) is 18.1 Å². The number of rotatable bonds is 9. The second-order valence-electron chi connectivity index (χ2n) is 8.43. The fraction of sp³-hybridized carbons (Fsp3) is 0.143. The predicted octanol–water partition coefficient (Wildman–Crippen LogP) is 4.74. The highest BCUT2D eigenvalue weighted by atomic mass is 32.1. The van der Waals surface area contributed by atoms with Gasteiger partial charge in [-0.2, -0.15) is 0 Å². The van der Waals surface area contributed by atoms with Gasteiger partial charge in [0, 0.05) is 18.3 Å². The van der Waals surface area contributed by atoms with Crippen LogP contribution in [0.4, 0.5) is 10.9 Å². The van der Waals surface area contributed by atoms with E-state index in [1.807, 2.05) is 60.0 Å². The number of carboxylic acids is 1. The third kappa shape index (κ3) is 4.94. The molecule has 1 amide bonds. The van der Waals surface area contributed by atoms with Gasteiger partial charge in [-0.05, 0) is 16.7 Å². The van der Waals surface area contributed by atoms with Gasteiger partial charge in [0.1, 0.15) is 11.4 Å². The minimum Gasteiger partial charge on any atom is -0.477 e. The maximum Gasteiger partial charge on any atom is 0.350 e. The van der Waals surface area contributed by atoms with Crippen LogP contribution < -0.4 is 10.2 Å². The Kier molecular flexibility index (Phi) is 6.96. The molecule has 1 fully saturated rings. The van der Waals surface area contributed by atoms with E-state index in [-0.39, 0.29) is 5.91 Å². The van der Waals surface area contributed by atoms with E-state index in [4.69, 9.17) is 14.9 Å². The highest BCUT2D eigenvalue weighted by Crippen LogP contribution is 2.41. The number of nitrogens with zero attached hydrogens (tertiary/aromatic N) is 3. The number of hydrogen-bond donors (Lipinski definition) is 2. The molecule has 37 heavy (non-hydrogen) atoms. The van der Waals surface area contributed by atoms with Gasteiger partial charge in [0.15, 0.2) is 11.3 Å². The van der Waals surface area contributed by atoms with Gasteiger partial charge in [-0.3, -0.25) is 9.69 Å². The summed E-state index contributed by atoms with van der Waals surface area (Å²) < 4.78 is 0. The van der Waals surface area contributed by atoms with Crippen molar-refractivity contribution >= 4 is 40.4 Å². The molecule has 5 rings (SSSR count). The molecule has 0 aliphatic carbocycles. The number of carboxylic acid groups (broad SMARTS) is 1. The predicted molar refractivity (Wildman–Crippen MR) is 143 cm³/mol. The van der Waals surface area contributed by atoms with Crippen LogP contribution in [0.1, 0.15) is 23.1 Å². The zero-order valence-electron chi connectivity index (χ0n) is 19.7. The first-order valence-electron chi connectivity index (χ1n) is 11.7. The molecule has 1 atom stereocenters. The maximum absolute atomic E-state index is 12.9. The van der Waals surface area contributed by atoms with Crippen LogP contribution in [0, 0.1) is 0 Å². The van der Waals surface area contributed by atoms with Crippen LogP contribution in [0.15, 0.2) is 102 Å². The van der Waals surface area contributed by atoms with Crippen LogP contribution in [0.25, 0.3) is 0 Å². The number of oxime groups is 1. The summed E-state index contributed by atoms with van der Waals surface area (Å²) in [5, 5.41) is 18.3. The maximum atomic E-state index is 12.9. The number of carbonyl (C=O) groups is 2. The lowest BCUT2D eigenvalue weighted by Gasteiger charge is -2.36. The highest BCUT2D eigenvalue weighted by molar-refractivity contribution is 7.14. The summed E-state index contributed by atoms with van der Waals surface area (Å²) >= 11 is 1.41. The van der Waals surface area contributed by atoms with Crippen LogP contribution in [0.3, 0.4) is 0 Å². The number of amides is 1. The normalized spacial score (nSPS) is 15.7. The number of anilines is 2. The molecule has 0 radical (unpaired) electrons. The van der Waals surface area contributed by atoms with Gasteiger partial charge in [-0.1, -0.05) is 96.2 Å². The molecule has 0 saturated carbocycles.